The van der Waals surface area contributed by atoms with Crippen LogP contribution in [0, 0.1) is 5.82 Å². The van der Waals surface area contributed by atoms with Gasteiger partial charge in [-0.1, -0.05) is 18.2 Å². The second-order valence-electron chi connectivity index (χ2n) is 12.5. The summed E-state index contributed by atoms with van der Waals surface area (Å²) in [5, 5.41) is 10.2. The van der Waals surface area contributed by atoms with Gasteiger partial charge in [-0.3, -0.25) is 9.69 Å². The van der Waals surface area contributed by atoms with Crippen molar-refractivity contribution in [1.82, 2.24) is 20.3 Å². The van der Waals surface area contributed by atoms with Crippen LogP contribution in [0.3, 0.4) is 0 Å². The highest BCUT2D eigenvalue weighted by molar-refractivity contribution is 6.01. The molecule has 0 bridgehead atoms. The number of nitrogens with zero attached hydrogens (tertiary/aromatic N) is 4. The number of rotatable bonds is 7. The van der Waals surface area contributed by atoms with Gasteiger partial charge in [0.25, 0.3) is 5.91 Å². The van der Waals surface area contributed by atoms with Gasteiger partial charge in [0.15, 0.2) is 28.8 Å². The number of hydrogen-bond acceptors (Lipinski definition) is 8. The third-order valence-electron chi connectivity index (χ3n) is 7.28. The average molecular weight is 566 g/mol. The number of anilines is 4. The lowest BCUT2D eigenvalue weighted by Crippen LogP contribution is -2.60. The number of pyridine rings is 1. The summed E-state index contributed by atoms with van der Waals surface area (Å²) < 4.78 is 34.0. The molecule has 0 radical (unpaired) electrons. The Balaban J connectivity index is 1.42. The number of halogens is 2. The number of aromatic nitrogens is 3. The summed E-state index contributed by atoms with van der Waals surface area (Å²) >= 11 is 0. The fourth-order valence-corrected chi connectivity index (χ4v) is 6.00. The molecule has 3 aromatic rings. The number of piperidine rings is 1. The zero-order valence-corrected chi connectivity index (χ0v) is 24.3. The van der Waals surface area contributed by atoms with Crippen molar-refractivity contribution in [3.8, 4) is 16.9 Å². The van der Waals surface area contributed by atoms with Crippen molar-refractivity contribution in [3.05, 3.63) is 48.5 Å². The van der Waals surface area contributed by atoms with Crippen molar-refractivity contribution in [2.45, 2.75) is 77.1 Å². The Labute approximate surface area is 239 Å². The lowest BCUT2D eigenvalue weighted by Gasteiger charge is -2.46. The summed E-state index contributed by atoms with van der Waals surface area (Å²) in [7, 11) is 0. The van der Waals surface area contributed by atoms with Crippen LogP contribution < -0.4 is 25.6 Å². The monoisotopic (exact) mass is 565 g/mol. The number of amides is 1. The molecule has 1 fully saturated rings. The van der Waals surface area contributed by atoms with Gasteiger partial charge >= 0.3 is 0 Å². The minimum absolute atomic E-state index is 0.0282. The van der Waals surface area contributed by atoms with Crippen LogP contribution in [0.4, 0.5) is 32.1 Å². The molecule has 3 N–H and O–H groups in total. The molecule has 1 saturated heterocycles. The number of carbonyl (C=O) groups excluding carboxylic acids is 1. The molecule has 9 nitrogen and oxygen atoms in total. The number of fused-ring (bicyclic) bond motifs is 1. The zero-order valence-electron chi connectivity index (χ0n) is 24.3. The summed E-state index contributed by atoms with van der Waals surface area (Å²) in [6.07, 6.45) is 4.39. The number of para-hydroxylation sites is 1. The first-order valence-corrected chi connectivity index (χ1v) is 13.8. The van der Waals surface area contributed by atoms with E-state index in [1.165, 1.54) is 4.90 Å². The van der Waals surface area contributed by atoms with E-state index >= 15 is 0 Å². The Morgan fingerprint density at radius 1 is 1.07 bits per heavy atom. The first-order chi connectivity index (χ1) is 19.3. The highest BCUT2D eigenvalue weighted by Crippen LogP contribution is 2.40. The van der Waals surface area contributed by atoms with Crippen LogP contribution in [-0.4, -0.2) is 56.8 Å². The lowest BCUT2D eigenvalue weighted by molar-refractivity contribution is -0.132. The molecule has 0 aliphatic carbocycles. The summed E-state index contributed by atoms with van der Waals surface area (Å²) in [5.74, 6) is 0.165. The Hall–Kier alpha value is -3.86. The van der Waals surface area contributed by atoms with E-state index in [1.807, 2.05) is 24.3 Å². The van der Waals surface area contributed by atoms with Crippen LogP contribution in [0.2, 0.25) is 0 Å². The molecule has 0 spiro atoms. The van der Waals surface area contributed by atoms with Gasteiger partial charge in [-0.2, -0.15) is 4.98 Å². The topological polar surface area (TPSA) is 104 Å². The average Bonchev–Trinajstić information content (AvgIpc) is 2.87. The Kier molecular flexibility index (Phi) is 7.35. The number of hydrogen-bond donors (Lipinski definition) is 3. The lowest BCUT2D eigenvalue weighted by atomic mass is 9.79. The van der Waals surface area contributed by atoms with Crippen LogP contribution in [0.1, 0.15) is 54.4 Å². The van der Waals surface area contributed by atoms with Crippen molar-refractivity contribution >= 4 is 29.2 Å². The van der Waals surface area contributed by atoms with Crippen molar-refractivity contribution in [2.75, 3.05) is 28.8 Å². The maximum absolute atomic E-state index is 14.8. The number of ether oxygens (including phenoxy) is 1. The van der Waals surface area contributed by atoms with Gasteiger partial charge < -0.3 is 20.7 Å². The molecule has 4 heterocycles. The second kappa shape index (κ2) is 10.5. The van der Waals surface area contributed by atoms with E-state index in [2.05, 4.69) is 58.6 Å². The molecule has 218 valence electrons. The SMILES string of the molecule is CC1(C)CC(Nc2nc(Nc3ccccc3-c3cnc4c(c3)OC(C)(C)C(=O)N4CCF)ncc2F)CC(C)(C)N1. The number of benzene rings is 1. The second-order valence-corrected chi connectivity index (χ2v) is 12.5. The molecule has 11 heteroatoms. The smallest absolute Gasteiger partial charge is 0.271 e. The van der Waals surface area contributed by atoms with E-state index in [1.54, 1.807) is 26.1 Å². The fourth-order valence-electron chi connectivity index (χ4n) is 6.00. The molecular weight excluding hydrogens is 528 g/mol. The quantitative estimate of drug-likeness (QED) is 0.339. The molecule has 5 rings (SSSR count). The molecule has 41 heavy (non-hydrogen) atoms. The summed E-state index contributed by atoms with van der Waals surface area (Å²) in [4.78, 5) is 27.2. The third kappa shape index (κ3) is 6.09. The molecule has 1 amide bonds. The van der Waals surface area contributed by atoms with Gasteiger partial charge in [-0.05, 0) is 66.5 Å². The molecule has 0 saturated carbocycles. The van der Waals surface area contributed by atoms with E-state index in [0.717, 1.165) is 24.6 Å². The standard InChI is InChI=1S/C30H37F2N7O2/c1-28(2)14-19(15-29(3,4)38-28)35-24-21(32)17-34-27(37-24)36-22-10-8-7-9-20(22)18-13-23-25(33-16-18)39(12-11-31)26(40)30(5,6)41-23/h7-10,13,16-17,19,38H,11-12,14-15H2,1-6H3,(H2,34,35,36,37). The Bertz CT molecular complexity index is 1440. The van der Waals surface area contributed by atoms with Crippen molar-refractivity contribution in [2.24, 2.45) is 0 Å². The maximum atomic E-state index is 14.8. The largest absolute Gasteiger partial charge is 0.474 e. The minimum Gasteiger partial charge on any atom is -0.474 e. The molecule has 1 aromatic carbocycles. The predicted molar refractivity (Wildman–Crippen MR) is 156 cm³/mol. The highest BCUT2D eigenvalue weighted by atomic mass is 19.1. The van der Waals surface area contributed by atoms with Crippen LogP contribution in [0.15, 0.2) is 42.7 Å². The first kappa shape index (κ1) is 28.7. The van der Waals surface area contributed by atoms with E-state index in [0.29, 0.717) is 17.0 Å². The number of nitrogens with one attached hydrogen (secondary N) is 3. The van der Waals surface area contributed by atoms with Crippen LogP contribution in [0.5, 0.6) is 5.75 Å². The van der Waals surface area contributed by atoms with Crippen molar-refractivity contribution in [1.29, 1.82) is 0 Å². The van der Waals surface area contributed by atoms with Gasteiger partial charge in [0.1, 0.15) is 6.67 Å². The third-order valence-corrected chi connectivity index (χ3v) is 7.28. The van der Waals surface area contributed by atoms with E-state index in [4.69, 9.17) is 4.74 Å². The van der Waals surface area contributed by atoms with E-state index in [9.17, 15) is 13.6 Å². The van der Waals surface area contributed by atoms with Crippen molar-refractivity contribution < 1.29 is 18.3 Å². The van der Waals surface area contributed by atoms with Crippen LogP contribution >= 0.6 is 0 Å². The van der Waals surface area contributed by atoms with Gasteiger partial charge in [0.2, 0.25) is 5.95 Å². The Morgan fingerprint density at radius 2 is 1.78 bits per heavy atom. The van der Waals surface area contributed by atoms with Gasteiger partial charge in [0, 0.05) is 40.1 Å². The van der Waals surface area contributed by atoms with E-state index in [-0.39, 0.29) is 47.2 Å². The van der Waals surface area contributed by atoms with E-state index < -0.39 is 18.1 Å². The number of carbonyl (C=O) groups is 1. The molecule has 2 aromatic heterocycles. The van der Waals surface area contributed by atoms with Gasteiger partial charge in [-0.15, -0.1) is 0 Å². The summed E-state index contributed by atoms with van der Waals surface area (Å²) in [5.41, 5.74) is 0.758. The molecule has 0 unspecified atom stereocenters. The number of alkyl halides is 1. The molecule has 0 atom stereocenters. The highest BCUT2D eigenvalue weighted by Gasteiger charge is 2.42. The summed E-state index contributed by atoms with van der Waals surface area (Å²) in [6.45, 7) is 11.1. The molecular formula is C30H37F2N7O2. The Morgan fingerprint density at radius 3 is 2.49 bits per heavy atom. The summed E-state index contributed by atoms with van der Waals surface area (Å²) in [6, 6.07) is 9.30. The first-order valence-electron chi connectivity index (χ1n) is 13.8. The fraction of sp³-hybridized carbons (Fsp3) is 0.467. The normalized spacial score (nSPS) is 19.3. The van der Waals surface area contributed by atoms with Gasteiger partial charge in [-0.25, -0.2) is 18.7 Å². The molecule has 2 aliphatic rings. The molecule has 2 aliphatic heterocycles. The van der Waals surface area contributed by atoms with Gasteiger partial charge in [0.05, 0.1) is 12.7 Å². The predicted octanol–water partition coefficient (Wildman–Crippen LogP) is 5.62. The minimum atomic E-state index is -1.16. The maximum Gasteiger partial charge on any atom is 0.271 e. The van der Waals surface area contributed by atoms with Crippen molar-refractivity contribution in [3.63, 3.8) is 0 Å². The zero-order chi connectivity index (χ0) is 29.6. The van der Waals surface area contributed by atoms with Crippen LogP contribution in [0.25, 0.3) is 11.1 Å². The van der Waals surface area contributed by atoms with Crippen LogP contribution in [-0.2, 0) is 4.79 Å².